The highest BCUT2D eigenvalue weighted by Gasteiger charge is 2.05. The van der Waals surface area contributed by atoms with E-state index in [-0.39, 0.29) is 0 Å². The molecule has 3 heterocycles. The van der Waals surface area contributed by atoms with Gasteiger partial charge in [0, 0.05) is 12.7 Å². The molecule has 0 atom stereocenters. The van der Waals surface area contributed by atoms with Crippen LogP contribution in [0.2, 0.25) is 0 Å². The van der Waals surface area contributed by atoms with E-state index in [1.54, 1.807) is 12.5 Å². The van der Waals surface area contributed by atoms with E-state index in [0.29, 0.717) is 0 Å². The third-order valence-electron chi connectivity index (χ3n) is 2.47. The van der Waals surface area contributed by atoms with Crippen molar-refractivity contribution in [3.05, 3.63) is 24.8 Å². The fourth-order valence-corrected chi connectivity index (χ4v) is 1.56. The lowest BCUT2D eigenvalue weighted by Gasteiger charge is -1.95. The van der Waals surface area contributed by atoms with Gasteiger partial charge < -0.3 is 4.57 Å². The molecular formula is C10H10N6. The summed E-state index contributed by atoms with van der Waals surface area (Å²) in [5.41, 5.74) is 3.32. The molecule has 0 aliphatic heterocycles. The van der Waals surface area contributed by atoms with Crippen molar-refractivity contribution in [3.63, 3.8) is 0 Å². The lowest BCUT2D eigenvalue weighted by molar-refractivity contribution is 0.762. The maximum atomic E-state index is 4.30. The van der Waals surface area contributed by atoms with E-state index in [1.165, 1.54) is 0 Å². The summed E-state index contributed by atoms with van der Waals surface area (Å²) in [6, 6.07) is 1.90. The monoisotopic (exact) mass is 214 g/mol. The van der Waals surface area contributed by atoms with Gasteiger partial charge in [-0.2, -0.15) is 0 Å². The van der Waals surface area contributed by atoms with Crippen LogP contribution in [0.1, 0.15) is 6.92 Å². The number of aromatic nitrogens is 6. The Morgan fingerprint density at radius 3 is 3.06 bits per heavy atom. The summed E-state index contributed by atoms with van der Waals surface area (Å²) < 4.78 is 2.01. The lowest BCUT2D eigenvalue weighted by atomic mass is 10.2. The Balaban J connectivity index is 2.10. The van der Waals surface area contributed by atoms with E-state index >= 15 is 0 Å². The fourth-order valence-electron chi connectivity index (χ4n) is 1.56. The smallest absolute Gasteiger partial charge is 0.131 e. The lowest BCUT2D eigenvalue weighted by Crippen LogP contribution is -1.87. The Morgan fingerprint density at radius 2 is 2.25 bits per heavy atom. The molecule has 0 aliphatic rings. The van der Waals surface area contributed by atoms with Crippen molar-refractivity contribution in [3.8, 4) is 11.4 Å². The molecule has 0 bridgehead atoms. The first-order valence-electron chi connectivity index (χ1n) is 5.06. The van der Waals surface area contributed by atoms with Crippen LogP contribution < -0.4 is 0 Å². The van der Waals surface area contributed by atoms with Crippen LogP contribution in [0.15, 0.2) is 24.8 Å². The molecule has 3 rings (SSSR count). The largest absolute Gasteiger partial charge is 0.337 e. The van der Waals surface area contributed by atoms with Gasteiger partial charge in [-0.1, -0.05) is 5.21 Å². The van der Waals surface area contributed by atoms with Crippen LogP contribution >= 0.6 is 0 Å². The van der Waals surface area contributed by atoms with Gasteiger partial charge >= 0.3 is 0 Å². The predicted octanol–water partition coefficient (Wildman–Crippen LogP) is 1.24. The molecule has 0 amide bonds. The molecule has 0 saturated carbocycles. The second kappa shape index (κ2) is 3.41. The first kappa shape index (κ1) is 9.02. The van der Waals surface area contributed by atoms with E-state index in [2.05, 4.69) is 32.3 Å². The molecule has 0 saturated heterocycles. The quantitative estimate of drug-likeness (QED) is 0.696. The number of aryl methyl sites for hydroxylation is 1. The molecule has 0 unspecified atom stereocenters. The molecule has 16 heavy (non-hydrogen) atoms. The summed E-state index contributed by atoms with van der Waals surface area (Å²) >= 11 is 0. The van der Waals surface area contributed by atoms with Gasteiger partial charge in [0.2, 0.25) is 0 Å². The van der Waals surface area contributed by atoms with E-state index in [4.69, 9.17) is 0 Å². The highest BCUT2D eigenvalue weighted by molar-refractivity contribution is 5.76. The minimum Gasteiger partial charge on any atom is -0.337 e. The Bertz CT molecular complexity index is 623. The van der Waals surface area contributed by atoms with Crippen molar-refractivity contribution in [2.75, 3.05) is 0 Å². The number of hydrogen-bond acceptors (Lipinski definition) is 4. The third kappa shape index (κ3) is 1.35. The average molecular weight is 214 g/mol. The van der Waals surface area contributed by atoms with Crippen LogP contribution in [0, 0.1) is 0 Å². The minimum absolute atomic E-state index is 0.763. The zero-order valence-corrected chi connectivity index (χ0v) is 8.75. The molecule has 0 radical (unpaired) electrons. The predicted molar refractivity (Wildman–Crippen MR) is 58.6 cm³/mol. The maximum Gasteiger partial charge on any atom is 0.131 e. The summed E-state index contributed by atoms with van der Waals surface area (Å²) in [5.74, 6) is 0. The second-order valence-electron chi connectivity index (χ2n) is 3.49. The van der Waals surface area contributed by atoms with Crippen molar-refractivity contribution < 1.29 is 0 Å². The van der Waals surface area contributed by atoms with Gasteiger partial charge in [0.1, 0.15) is 11.2 Å². The van der Waals surface area contributed by atoms with Gasteiger partial charge in [0.05, 0.1) is 23.7 Å². The normalized spacial score (nSPS) is 11.1. The van der Waals surface area contributed by atoms with E-state index in [1.807, 2.05) is 16.8 Å². The molecule has 0 aromatic carbocycles. The van der Waals surface area contributed by atoms with Gasteiger partial charge in [-0.15, -0.1) is 5.10 Å². The summed E-state index contributed by atoms with van der Waals surface area (Å²) in [7, 11) is 0. The first-order chi connectivity index (χ1) is 7.86. The number of rotatable bonds is 2. The summed E-state index contributed by atoms with van der Waals surface area (Å²) in [5, 5.41) is 10.4. The van der Waals surface area contributed by atoms with E-state index in [9.17, 15) is 0 Å². The molecule has 3 aromatic heterocycles. The van der Waals surface area contributed by atoms with Crippen molar-refractivity contribution in [1.82, 2.24) is 29.9 Å². The van der Waals surface area contributed by atoms with Crippen LogP contribution in [-0.4, -0.2) is 29.9 Å². The Labute approximate surface area is 91.3 Å². The third-order valence-corrected chi connectivity index (χ3v) is 2.47. The number of fused-ring (bicyclic) bond motifs is 1. The topological polar surface area (TPSA) is 72.3 Å². The Kier molecular flexibility index (Phi) is 1.92. The number of aromatic amines is 1. The molecule has 0 spiro atoms. The van der Waals surface area contributed by atoms with Gasteiger partial charge in [0.15, 0.2) is 0 Å². The SMILES string of the molecule is CCn1cnc(-c2cc3[nH]nnc3cn2)c1. The van der Waals surface area contributed by atoms with Gasteiger partial charge in [-0.05, 0) is 13.0 Å². The zero-order valence-electron chi connectivity index (χ0n) is 8.75. The molecule has 3 aromatic rings. The molecule has 6 nitrogen and oxygen atoms in total. The fraction of sp³-hybridized carbons (Fsp3) is 0.200. The number of pyridine rings is 1. The minimum atomic E-state index is 0.763. The van der Waals surface area contributed by atoms with Gasteiger partial charge in [-0.25, -0.2) is 4.98 Å². The van der Waals surface area contributed by atoms with Crippen LogP contribution in [0.4, 0.5) is 0 Å². The highest BCUT2D eigenvalue weighted by Crippen LogP contribution is 2.17. The average Bonchev–Trinajstić information content (AvgIpc) is 2.96. The molecule has 1 N–H and O–H groups in total. The van der Waals surface area contributed by atoms with Gasteiger partial charge in [-0.3, -0.25) is 10.1 Å². The van der Waals surface area contributed by atoms with Crippen molar-refractivity contribution in [2.45, 2.75) is 13.5 Å². The molecule has 0 aliphatic carbocycles. The van der Waals surface area contributed by atoms with Crippen molar-refractivity contribution >= 4 is 11.0 Å². The van der Waals surface area contributed by atoms with Crippen molar-refractivity contribution in [1.29, 1.82) is 0 Å². The Morgan fingerprint density at radius 1 is 1.31 bits per heavy atom. The van der Waals surface area contributed by atoms with Crippen LogP contribution in [-0.2, 0) is 6.54 Å². The number of nitrogens with zero attached hydrogens (tertiary/aromatic N) is 5. The number of imidazole rings is 1. The van der Waals surface area contributed by atoms with Gasteiger partial charge in [0.25, 0.3) is 0 Å². The number of hydrogen-bond donors (Lipinski definition) is 1. The summed E-state index contributed by atoms with van der Waals surface area (Å²) in [4.78, 5) is 8.59. The molecule has 6 heteroatoms. The summed E-state index contributed by atoms with van der Waals surface area (Å²) in [6.45, 7) is 2.97. The van der Waals surface area contributed by atoms with Crippen LogP contribution in [0.3, 0.4) is 0 Å². The van der Waals surface area contributed by atoms with E-state index in [0.717, 1.165) is 29.0 Å². The Hall–Kier alpha value is -2.24. The molecule has 80 valence electrons. The molecule has 0 fully saturated rings. The number of H-pyrrole nitrogens is 1. The number of nitrogens with one attached hydrogen (secondary N) is 1. The first-order valence-corrected chi connectivity index (χ1v) is 5.06. The van der Waals surface area contributed by atoms with E-state index < -0.39 is 0 Å². The standard InChI is InChI=1S/C10H10N6/c1-2-16-5-10(12-6-16)7-3-8-9(4-11-7)14-15-13-8/h3-6H,2H2,1H3,(H,13,14,15). The molecular weight excluding hydrogens is 204 g/mol. The summed E-state index contributed by atoms with van der Waals surface area (Å²) in [6.07, 6.45) is 5.46. The zero-order chi connectivity index (χ0) is 11.0. The highest BCUT2D eigenvalue weighted by atomic mass is 15.3. The second-order valence-corrected chi connectivity index (χ2v) is 3.49. The van der Waals surface area contributed by atoms with Crippen LogP contribution in [0.5, 0.6) is 0 Å². The van der Waals surface area contributed by atoms with Crippen LogP contribution in [0.25, 0.3) is 22.4 Å². The maximum absolute atomic E-state index is 4.30. The van der Waals surface area contributed by atoms with Crippen molar-refractivity contribution in [2.24, 2.45) is 0 Å².